The maximum Gasteiger partial charge on any atom is 0.352 e. The minimum absolute atomic E-state index is 0.137. The van der Waals surface area contributed by atoms with Crippen molar-refractivity contribution in [2.45, 2.75) is 12.8 Å². The number of benzene rings is 2. The highest BCUT2D eigenvalue weighted by Crippen LogP contribution is 2.41. The van der Waals surface area contributed by atoms with Gasteiger partial charge in [-0.1, -0.05) is 0 Å². The molecule has 8 heteroatoms. The molecule has 1 aromatic heterocycles. The molecule has 0 unspecified atom stereocenters. The van der Waals surface area contributed by atoms with Gasteiger partial charge in [-0.15, -0.1) is 5.11 Å². The average Bonchev–Trinajstić information content (AvgIpc) is 3.41. The molecule has 3 aromatic rings. The first-order chi connectivity index (χ1) is 14.1. The van der Waals surface area contributed by atoms with Crippen molar-refractivity contribution in [1.82, 2.24) is 4.98 Å². The number of H-pyrrole nitrogens is 1. The van der Waals surface area contributed by atoms with E-state index in [1.807, 2.05) is 12.1 Å². The highest BCUT2D eigenvalue weighted by molar-refractivity contribution is 5.94. The zero-order valence-electron chi connectivity index (χ0n) is 16.3. The maximum absolute atomic E-state index is 11.1. The monoisotopic (exact) mass is 394 g/mol. The molecule has 1 aliphatic rings. The highest BCUT2D eigenvalue weighted by atomic mass is 16.5. The molecule has 4 rings (SSSR count). The van der Waals surface area contributed by atoms with Crippen LogP contribution in [0, 0.1) is 0 Å². The largest absolute Gasteiger partial charge is 0.494 e. The van der Waals surface area contributed by atoms with Gasteiger partial charge < -0.3 is 24.5 Å². The van der Waals surface area contributed by atoms with Gasteiger partial charge in [0.25, 0.3) is 0 Å². The van der Waals surface area contributed by atoms with E-state index >= 15 is 0 Å². The Morgan fingerprint density at radius 2 is 1.79 bits per heavy atom. The van der Waals surface area contributed by atoms with Crippen molar-refractivity contribution in [3.8, 4) is 11.5 Å². The number of rotatable bonds is 6. The third-order valence-corrected chi connectivity index (χ3v) is 5.04. The first-order valence-electron chi connectivity index (χ1n) is 9.38. The molecule has 1 fully saturated rings. The summed E-state index contributed by atoms with van der Waals surface area (Å²) >= 11 is 0. The summed E-state index contributed by atoms with van der Waals surface area (Å²) in [5, 5.41) is 18.5. The lowest BCUT2D eigenvalue weighted by molar-refractivity contribution is 0.0691. The molecule has 0 amide bonds. The number of aromatic amines is 1. The van der Waals surface area contributed by atoms with Gasteiger partial charge in [-0.25, -0.2) is 4.79 Å². The van der Waals surface area contributed by atoms with E-state index in [0.29, 0.717) is 17.1 Å². The standard InChI is InChI=1S/C21H22N4O4/c1-28-19-12-18(25-7-3-4-8-25)20(29-2)11-16(19)24-23-14-5-6-15-13(9-14)10-17(22-15)21(26)27/h5-6,9-12,22H,3-4,7-8H2,1-2H3,(H,26,27). The quantitative estimate of drug-likeness (QED) is 0.579. The van der Waals surface area contributed by atoms with Gasteiger partial charge >= 0.3 is 5.97 Å². The second-order valence-electron chi connectivity index (χ2n) is 6.85. The number of aromatic nitrogens is 1. The highest BCUT2D eigenvalue weighted by Gasteiger charge is 2.19. The lowest BCUT2D eigenvalue weighted by Crippen LogP contribution is -2.18. The predicted molar refractivity (Wildman–Crippen MR) is 110 cm³/mol. The molecule has 2 N–H and O–H groups in total. The predicted octanol–water partition coefficient (Wildman–Crippen LogP) is 4.90. The van der Waals surface area contributed by atoms with Gasteiger partial charge in [0, 0.05) is 36.1 Å². The van der Waals surface area contributed by atoms with E-state index in [1.54, 1.807) is 38.5 Å². The van der Waals surface area contributed by atoms with Crippen LogP contribution < -0.4 is 14.4 Å². The molecule has 150 valence electrons. The lowest BCUT2D eigenvalue weighted by Gasteiger charge is -2.21. The van der Waals surface area contributed by atoms with Gasteiger partial charge in [0.05, 0.1) is 25.6 Å². The second kappa shape index (κ2) is 7.83. The van der Waals surface area contributed by atoms with Crippen molar-refractivity contribution < 1.29 is 19.4 Å². The molecule has 2 aromatic carbocycles. The lowest BCUT2D eigenvalue weighted by atomic mass is 10.2. The molecule has 8 nitrogen and oxygen atoms in total. The molecule has 1 aliphatic heterocycles. The van der Waals surface area contributed by atoms with Crippen molar-refractivity contribution in [2.75, 3.05) is 32.2 Å². The number of fused-ring (bicyclic) bond motifs is 1. The summed E-state index contributed by atoms with van der Waals surface area (Å²) < 4.78 is 11.1. The Morgan fingerprint density at radius 1 is 1.03 bits per heavy atom. The van der Waals surface area contributed by atoms with Crippen LogP contribution in [-0.2, 0) is 0 Å². The molecule has 1 saturated heterocycles. The molecule has 0 bridgehead atoms. The fourth-order valence-electron chi connectivity index (χ4n) is 3.56. The van der Waals surface area contributed by atoms with Crippen molar-refractivity contribution in [1.29, 1.82) is 0 Å². The van der Waals surface area contributed by atoms with E-state index in [2.05, 4.69) is 20.1 Å². The molecular weight excluding hydrogens is 372 g/mol. The Labute approximate surface area is 167 Å². The Hall–Kier alpha value is -3.55. The molecule has 0 saturated carbocycles. The number of anilines is 1. The van der Waals surface area contributed by atoms with Gasteiger partial charge in [-0.2, -0.15) is 5.11 Å². The third kappa shape index (κ3) is 3.73. The van der Waals surface area contributed by atoms with Crippen molar-refractivity contribution in [2.24, 2.45) is 10.2 Å². The van der Waals surface area contributed by atoms with Gasteiger partial charge in [0.2, 0.25) is 0 Å². The van der Waals surface area contributed by atoms with Gasteiger partial charge in [0.1, 0.15) is 22.9 Å². The van der Waals surface area contributed by atoms with Crippen molar-refractivity contribution in [3.05, 3.63) is 42.1 Å². The number of azo groups is 1. The zero-order chi connectivity index (χ0) is 20.4. The number of ether oxygens (including phenoxy) is 2. The summed E-state index contributed by atoms with van der Waals surface area (Å²) in [4.78, 5) is 16.2. The fourth-order valence-corrected chi connectivity index (χ4v) is 3.56. The average molecular weight is 394 g/mol. The van der Waals surface area contributed by atoms with Crippen LogP contribution in [0.15, 0.2) is 46.6 Å². The molecule has 2 heterocycles. The van der Waals surface area contributed by atoms with Crippen LogP contribution in [0.2, 0.25) is 0 Å². The summed E-state index contributed by atoms with van der Waals surface area (Å²) in [6.07, 6.45) is 2.33. The van der Waals surface area contributed by atoms with Crippen LogP contribution in [0.1, 0.15) is 23.3 Å². The summed E-state index contributed by atoms with van der Waals surface area (Å²) in [7, 11) is 3.25. The number of carbonyl (C=O) groups is 1. The van der Waals surface area contributed by atoms with Gasteiger partial charge in [0.15, 0.2) is 0 Å². The topological polar surface area (TPSA) is 99.5 Å². The number of hydrogen-bond acceptors (Lipinski definition) is 6. The first kappa shape index (κ1) is 18.8. The van der Waals surface area contributed by atoms with E-state index in [9.17, 15) is 4.79 Å². The van der Waals surface area contributed by atoms with Gasteiger partial charge in [-0.05, 0) is 37.1 Å². The van der Waals surface area contributed by atoms with E-state index in [4.69, 9.17) is 14.6 Å². The number of aromatic carboxylic acids is 1. The molecule has 0 radical (unpaired) electrons. The first-order valence-corrected chi connectivity index (χ1v) is 9.38. The summed E-state index contributed by atoms with van der Waals surface area (Å²) in [5.41, 5.74) is 3.04. The van der Waals surface area contributed by atoms with E-state index in [0.717, 1.165) is 48.3 Å². The SMILES string of the molecule is COc1cc(N2CCCC2)c(OC)cc1N=Nc1ccc2[nH]c(C(=O)O)cc2c1. The molecular formula is C21H22N4O4. The van der Waals surface area contributed by atoms with Crippen molar-refractivity contribution >= 4 is 33.9 Å². The fraction of sp³-hybridized carbons (Fsp3) is 0.286. The molecule has 0 aliphatic carbocycles. The van der Waals surface area contributed by atoms with E-state index in [1.165, 1.54) is 0 Å². The van der Waals surface area contributed by atoms with Crippen LogP contribution >= 0.6 is 0 Å². The van der Waals surface area contributed by atoms with Crippen LogP contribution in [0.25, 0.3) is 10.9 Å². The normalized spacial score (nSPS) is 14.1. The number of nitrogens with one attached hydrogen (secondary N) is 1. The van der Waals surface area contributed by atoms with Crippen LogP contribution in [0.4, 0.5) is 17.1 Å². The van der Waals surface area contributed by atoms with Crippen LogP contribution in [-0.4, -0.2) is 43.4 Å². The van der Waals surface area contributed by atoms with Crippen LogP contribution in [0.3, 0.4) is 0 Å². The Balaban J connectivity index is 1.66. The molecule has 0 atom stereocenters. The number of methoxy groups -OCH3 is 2. The summed E-state index contributed by atoms with van der Waals surface area (Å²) in [6, 6.07) is 10.7. The Kier molecular flexibility index (Phi) is 5.07. The second-order valence-corrected chi connectivity index (χ2v) is 6.85. The minimum atomic E-state index is -1.00. The van der Waals surface area contributed by atoms with Crippen LogP contribution in [0.5, 0.6) is 11.5 Å². The van der Waals surface area contributed by atoms with Crippen molar-refractivity contribution in [3.63, 3.8) is 0 Å². The number of nitrogens with zero attached hydrogens (tertiary/aromatic N) is 3. The molecule has 0 spiro atoms. The smallest absolute Gasteiger partial charge is 0.352 e. The number of carboxylic acid groups (broad SMARTS) is 1. The third-order valence-electron chi connectivity index (χ3n) is 5.04. The Morgan fingerprint density at radius 3 is 2.48 bits per heavy atom. The molecule has 29 heavy (non-hydrogen) atoms. The summed E-state index contributed by atoms with van der Waals surface area (Å²) in [5.74, 6) is 0.348. The number of hydrogen-bond donors (Lipinski definition) is 2. The van der Waals surface area contributed by atoms with Gasteiger partial charge in [-0.3, -0.25) is 0 Å². The van der Waals surface area contributed by atoms with E-state index < -0.39 is 5.97 Å². The van der Waals surface area contributed by atoms with E-state index in [-0.39, 0.29) is 5.69 Å². The summed E-state index contributed by atoms with van der Waals surface area (Å²) in [6.45, 7) is 1.99. The Bertz CT molecular complexity index is 1080. The zero-order valence-corrected chi connectivity index (χ0v) is 16.3. The minimum Gasteiger partial charge on any atom is -0.494 e. The maximum atomic E-state index is 11.1. The number of carboxylic acids is 1.